The van der Waals surface area contributed by atoms with Crippen LogP contribution in [-0.2, 0) is 25.6 Å². The normalized spacial score (nSPS) is 15.5. The number of carbonyl (C=O) groups is 4. The molecule has 0 saturated heterocycles. The summed E-state index contributed by atoms with van der Waals surface area (Å²) in [7, 11) is 0. The van der Waals surface area contributed by atoms with Crippen LogP contribution in [0, 0.1) is 17.8 Å². The van der Waals surface area contributed by atoms with Crippen molar-refractivity contribution >= 4 is 34.6 Å². The lowest BCUT2D eigenvalue weighted by molar-refractivity contribution is -0.143. The zero-order chi connectivity index (χ0) is 28.6. The molecule has 38 heavy (non-hydrogen) atoms. The fourth-order valence-corrected chi connectivity index (χ4v) is 4.34. The van der Waals surface area contributed by atoms with Gasteiger partial charge in [0, 0.05) is 23.5 Å². The molecule has 1 heterocycles. The first-order chi connectivity index (χ1) is 17.8. The van der Waals surface area contributed by atoms with Gasteiger partial charge in [0.05, 0.1) is 6.04 Å². The quantitative estimate of drug-likeness (QED) is 0.220. The van der Waals surface area contributed by atoms with E-state index < -0.39 is 47.9 Å². The molecule has 0 radical (unpaired) electrons. The Hall–Kier alpha value is -3.40. The standard InChI is InChI=1S/C28H43N5O5/c1-7-17(6)24(28(37)38)33-26(35)22(13-18-14-30-21-11-9-8-10-19(18)21)31-27(36)23(16(4)5)32-25(34)20(29)12-15(2)3/h8-11,14-17,20,22-24,30H,7,12-13,29H2,1-6H3,(H,31,36)(H,32,34)(H,33,35)(H,37,38). The van der Waals surface area contributed by atoms with Crippen LogP contribution in [0.4, 0.5) is 0 Å². The second kappa shape index (κ2) is 13.9. The highest BCUT2D eigenvalue weighted by Gasteiger charge is 2.33. The van der Waals surface area contributed by atoms with E-state index in [-0.39, 0.29) is 24.2 Å². The number of rotatable bonds is 14. The molecule has 0 aliphatic rings. The fourth-order valence-electron chi connectivity index (χ4n) is 4.34. The third-order valence-corrected chi connectivity index (χ3v) is 6.82. The van der Waals surface area contributed by atoms with Gasteiger partial charge in [0.15, 0.2) is 0 Å². The van der Waals surface area contributed by atoms with Crippen molar-refractivity contribution in [3.63, 3.8) is 0 Å². The summed E-state index contributed by atoms with van der Waals surface area (Å²) < 4.78 is 0. The van der Waals surface area contributed by atoms with Gasteiger partial charge in [-0.2, -0.15) is 0 Å². The van der Waals surface area contributed by atoms with Crippen molar-refractivity contribution in [2.24, 2.45) is 23.5 Å². The predicted octanol–water partition coefficient (Wildman–Crippen LogP) is 2.32. The van der Waals surface area contributed by atoms with E-state index in [4.69, 9.17) is 5.73 Å². The van der Waals surface area contributed by atoms with Crippen LogP contribution in [-0.4, -0.2) is 57.9 Å². The molecule has 10 nitrogen and oxygen atoms in total. The number of carboxylic acid groups (broad SMARTS) is 1. The first-order valence-electron chi connectivity index (χ1n) is 13.3. The van der Waals surface area contributed by atoms with Crippen LogP contribution in [0.15, 0.2) is 30.5 Å². The number of hydrogen-bond acceptors (Lipinski definition) is 5. The Kier molecular flexibility index (Phi) is 11.3. The molecule has 210 valence electrons. The largest absolute Gasteiger partial charge is 0.480 e. The zero-order valence-corrected chi connectivity index (χ0v) is 23.2. The Bertz CT molecular complexity index is 1110. The number of hydrogen-bond donors (Lipinski definition) is 6. The molecule has 0 fully saturated rings. The molecule has 0 saturated carbocycles. The minimum atomic E-state index is -1.14. The Morgan fingerprint density at radius 1 is 0.921 bits per heavy atom. The molecule has 5 atom stereocenters. The first-order valence-corrected chi connectivity index (χ1v) is 13.3. The zero-order valence-electron chi connectivity index (χ0n) is 23.2. The maximum Gasteiger partial charge on any atom is 0.326 e. The van der Waals surface area contributed by atoms with Crippen molar-refractivity contribution in [3.8, 4) is 0 Å². The van der Waals surface area contributed by atoms with Crippen LogP contribution in [0.1, 0.15) is 59.9 Å². The Morgan fingerprint density at radius 2 is 1.55 bits per heavy atom. The van der Waals surface area contributed by atoms with Crippen molar-refractivity contribution in [2.45, 2.75) is 85.0 Å². The number of benzene rings is 1. The van der Waals surface area contributed by atoms with Gasteiger partial charge in [0.25, 0.3) is 0 Å². The predicted molar refractivity (Wildman–Crippen MR) is 147 cm³/mol. The summed E-state index contributed by atoms with van der Waals surface area (Å²) in [6.45, 7) is 11.1. The average molecular weight is 530 g/mol. The van der Waals surface area contributed by atoms with Crippen LogP contribution in [0.3, 0.4) is 0 Å². The van der Waals surface area contributed by atoms with Crippen LogP contribution >= 0.6 is 0 Å². The summed E-state index contributed by atoms with van der Waals surface area (Å²) in [4.78, 5) is 54.5. The second-order valence-corrected chi connectivity index (χ2v) is 10.8. The summed E-state index contributed by atoms with van der Waals surface area (Å²) in [5.74, 6) is -3.12. The highest BCUT2D eigenvalue weighted by Crippen LogP contribution is 2.20. The van der Waals surface area contributed by atoms with E-state index in [9.17, 15) is 24.3 Å². The lowest BCUT2D eigenvalue weighted by atomic mass is 9.97. The second-order valence-electron chi connectivity index (χ2n) is 10.8. The van der Waals surface area contributed by atoms with E-state index in [1.165, 1.54) is 0 Å². The molecule has 7 N–H and O–H groups in total. The number of fused-ring (bicyclic) bond motifs is 1. The molecule has 0 bridgehead atoms. The van der Waals surface area contributed by atoms with E-state index in [1.54, 1.807) is 27.0 Å². The molecule has 2 rings (SSSR count). The van der Waals surface area contributed by atoms with E-state index in [0.29, 0.717) is 12.8 Å². The molecule has 3 amide bonds. The van der Waals surface area contributed by atoms with Gasteiger partial charge in [-0.3, -0.25) is 14.4 Å². The maximum atomic E-state index is 13.4. The van der Waals surface area contributed by atoms with E-state index in [0.717, 1.165) is 16.5 Å². The Morgan fingerprint density at radius 3 is 2.13 bits per heavy atom. The third-order valence-electron chi connectivity index (χ3n) is 6.82. The summed E-state index contributed by atoms with van der Waals surface area (Å²) in [5.41, 5.74) is 7.69. The van der Waals surface area contributed by atoms with Crippen molar-refractivity contribution in [2.75, 3.05) is 0 Å². The fraction of sp³-hybridized carbons (Fsp3) is 0.571. The van der Waals surface area contributed by atoms with Crippen molar-refractivity contribution < 1.29 is 24.3 Å². The molecule has 1 aromatic carbocycles. The van der Waals surface area contributed by atoms with Gasteiger partial charge in [0.1, 0.15) is 18.1 Å². The van der Waals surface area contributed by atoms with Gasteiger partial charge in [-0.05, 0) is 35.8 Å². The van der Waals surface area contributed by atoms with Gasteiger partial charge >= 0.3 is 5.97 Å². The number of aromatic amines is 1. The summed E-state index contributed by atoms with van der Waals surface area (Å²) >= 11 is 0. The number of nitrogens with two attached hydrogens (primary N) is 1. The lowest BCUT2D eigenvalue weighted by Gasteiger charge is -2.28. The average Bonchev–Trinajstić information content (AvgIpc) is 3.26. The number of carbonyl (C=O) groups excluding carboxylic acids is 3. The Labute approximate surface area is 224 Å². The molecule has 0 spiro atoms. The molecular formula is C28H43N5O5. The SMILES string of the molecule is CCC(C)C(NC(=O)C(Cc1c[nH]c2ccccc12)NC(=O)C(NC(=O)C(N)CC(C)C)C(C)C)C(=O)O. The number of para-hydroxylation sites is 1. The van der Waals surface area contributed by atoms with Crippen molar-refractivity contribution in [1.82, 2.24) is 20.9 Å². The number of H-pyrrole nitrogens is 1. The van der Waals surface area contributed by atoms with Gasteiger partial charge in [-0.25, -0.2) is 4.79 Å². The van der Waals surface area contributed by atoms with Crippen molar-refractivity contribution in [1.29, 1.82) is 0 Å². The van der Waals surface area contributed by atoms with Gasteiger partial charge in [-0.15, -0.1) is 0 Å². The van der Waals surface area contributed by atoms with Gasteiger partial charge in [-0.1, -0.05) is 66.2 Å². The number of amides is 3. The highest BCUT2D eigenvalue weighted by atomic mass is 16.4. The summed E-state index contributed by atoms with van der Waals surface area (Å²) in [5, 5.41) is 18.7. The number of aliphatic carboxylic acids is 1. The van der Waals surface area contributed by atoms with Gasteiger partial charge < -0.3 is 31.8 Å². The molecule has 2 aromatic rings. The number of aromatic nitrogens is 1. The molecule has 0 aliphatic carbocycles. The molecule has 10 heteroatoms. The van der Waals surface area contributed by atoms with E-state index in [1.807, 2.05) is 45.0 Å². The third kappa shape index (κ3) is 8.31. The van der Waals surface area contributed by atoms with E-state index in [2.05, 4.69) is 20.9 Å². The Balaban J connectivity index is 2.32. The molecule has 1 aromatic heterocycles. The minimum absolute atomic E-state index is 0.125. The first kappa shape index (κ1) is 30.8. The molecule has 0 aliphatic heterocycles. The monoisotopic (exact) mass is 529 g/mol. The van der Waals surface area contributed by atoms with Gasteiger partial charge in [0.2, 0.25) is 17.7 Å². The smallest absolute Gasteiger partial charge is 0.326 e. The maximum absolute atomic E-state index is 13.4. The molecular weight excluding hydrogens is 486 g/mol. The van der Waals surface area contributed by atoms with Crippen LogP contribution in [0.2, 0.25) is 0 Å². The molecule has 5 unspecified atom stereocenters. The van der Waals surface area contributed by atoms with E-state index >= 15 is 0 Å². The van der Waals surface area contributed by atoms with Crippen LogP contribution in [0.25, 0.3) is 10.9 Å². The minimum Gasteiger partial charge on any atom is -0.480 e. The number of carboxylic acids is 1. The summed E-state index contributed by atoms with van der Waals surface area (Å²) in [6, 6.07) is 3.70. The summed E-state index contributed by atoms with van der Waals surface area (Å²) in [6.07, 6.45) is 2.91. The van der Waals surface area contributed by atoms with Crippen LogP contribution in [0.5, 0.6) is 0 Å². The number of nitrogens with one attached hydrogen (secondary N) is 4. The van der Waals surface area contributed by atoms with Crippen molar-refractivity contribution in [3.05, 3.63) is 36.0 Å². The lowest BCUT2D eigenvalue weighted by Crippen LogP contribution is -2.59. The topological polar surface area (TPSA) is 166 Å². The van der Waals surface area contributed by atoms with Crippen LogP contribution < -0.4 is 21.7 Å². The highest BCUT2D eigenvalue weighted by molar-refractivity contribution is 5.95.